The number of benzene rings is 1. The number of hydrogen-bond acceptors (Lipinski definition) is 3. The van der Waals surface area contributed by atoms with Gasteiger partial charge in [0.1, 0.15) is 0 Å². The lowest BCUT2D eigenvalue weighted by molar-refractivity contribution is -0.386. The standard InChI is InChI=1S/C11H14N2O2/c1-8-3-2-4-9(10(8)13(14)15)7-11(12)5-6-11/h2-4H,5-7,12H2,1H3. The molecule has 1 aromatic rings. The number of hydrogen-bond donors (Lipinski definition) is 1. The molecule has 1 aliphatic rings. The summed E-state index contributed by atoms with van der Waals surface area (Å²) < 4.78 is 0. The van der Waals surface area contributed by atoms with E-state index in [2.05, 4.69) is 0 Å². The second-order valence-corrected chi connectivity index (χ2v) is 4.38. The summed E-state index contributed by atoms with van der Waals surface area (Å²) in [6, 6.07) is 5.42. The SMILES string of the molecule is Cc1cccc(CC2(N)CC2)c1[N+](=O)[O-]. The zero-order valence-corrected chi connectivity index (χ0v) is 8.69. The summed E-state index contributed by atoms with van der Waals surface area (Å²) in [5.74, 6) is 0. The van der Waals surface area contributed by atoms with Crippen molar-refractivity contribution in [3.63, 3.8) is 0 Å². The zero-order chi connectivity index (χ0) is 11.1. The smallest absolute Gasteiger partial charge is 0.275 e. The number of nitrogens with zero attached hydrogens (tertiary/aromatic N) is 1. The number of nitrogens with two attached hydrogens (primary N) is 1. The lowest BCUT2D eigenvalue weighted by atomic mass is 10.0. The Morgan fingerprint density at radius 2 is 2.20 bits per heavy atom. The molecule has 80 valence electrons. The first-order valence-corrected chi connectivity index (χ1v) is 5.04. The minimum Gasteiger partial charge on any atom is -0.325 e. The van der Waals surface area contributed by atoms with E-state index in [4.69, 9.17) is 5.73 Å². The summed E-state index contributed by atoms with van der Waals surface area (Å²) in [5.41, 5.74) is 7.50. The topological polar surface area (TPSA) is 69.2 Å². The predicted octanol–water partition coefficient (Wildman–Crippen LogP) is 1.94. The molecule has 0 heterocycles. The summed E-state index contributed by atoms with van der Waals surface area (Å²) in [7, 11) is 0. The Morgan fingerprint density at radius 3 is 2.73 bits per heavy atom. The number of aryl methyl sites for hydroxylation is 1. The van der Waals surface area contributed by atoms with Crippen LogP contribution in [0.2, 0.25) is 0 Å². The van der Waals surface area contributed by atoms with Gasteiger partial charge in [0.25, 0.3) is 5.69 Å². The molecule has 0 atom stereocenters. The highest BCUT2D eigenvalue weighted by molar-refractivity contribution is 5.48. The summed E-state index contributed by atoms with van der Waals surface area (Å²) >= 11 is 0. The van der Waals surface area contributed by atoms with Gasteiger partial charge < -0.3 is 5.73 Å². The fourth-order valence-corrected chi connectivity index (χ4v) is 1.84. The lowest BCUT2D eigenvalue weighted by Crippen LogP contribution is -2.25. The molecule has 2 rings (SSSR count). The van der Waals surface area contributed by atoms with Gasteiger partial charge in [-0.15, -0.1) is 0 Å². The first-order valence-electron chi connectivity index (χ1n) is 5.04. The molecule has 2 N–H and O–H groups in total. The normalized spacial score (nSPS) is 17.5. The Hall–Kier alpha value is -1.42. The third kappa shape index (κ3) is 1.99. The molecular formula is C11H14N2O2. The lowest BCUT2D eigenvalue weighted by Gasteiger charge is -2.09. The van der Waals surface area contributed by atoms with Crippen molar-refractivity contribution < 1.29 is 4.92 Å². The monoisotopic (exact) mass is 206 g/mol. The van der Waals surface area contributed by atoms with Gasteiger partial charge in [-0.1, -0.05) is 18.2 Å². The van der Waals surface area contributed by atoms with Crippen LogP contribution in [-0.4, -0.2) is 10.5 Å². The number of rotatable bonds is 3. The average molecular weight is 206 g/mol. The highest BCUT2D eigenvalue weighted by atomic mass is 16.6. The van der Waals surface area contributed by atoms with Gasteiger partial charge in [-0.2, -0.15) is 0 Å². The van der Waals surface area contributed by atoms with Crippen molar-refractivity contribution in [2.45, 2.75) is 31.7 Å². The van der Waals surface area contributed by atoms with E-state index in [1.165, 1.54) is 0 Å². The van der Waals surface area contributed by atoms with E-state index < -0.39 is 0 Å². The van der Waals surface area contributed by atoms with Gasteiger partial charge in [-0.3, -0.25) is 10.1 Å². The summed E-state index contributed by atoms with van der Waals surface area (Å²) in [5, 5.41) is 10.9. The van der Waals surface area contributed by atoms with Crippen molar-refractivity contribution in [1.29, 1.82) is 0 Å². The molecule has 0 aromatic heterocycles. The Kier molecular flexibility index (Phi) is 2.23. The van der Waals surface area contributed by atoms with Crippen LogP contribution in [-0.2, 0) is 6.42 Å². The van der Waals surface area contributed by atoms with Crippen molar-refractivity contribution in [1.82, 2.24) is 0 Å². The molecule has 0 unspecified atom stereocenters. The Bertz CT molecular complexity index is 411. The van der Waals surface area contributed by atoms with Crippen LogP contribution >= 0.6 is 0 Å². The van der Waals surface area contributed by atoms with E-state index in [1.807, 2.05) is 6.07 Å². The van der Waals surface area contributed by atoms with Gasteiger partial charge in [0.15, 0.2) is 0 Å². The summed E-state index contributed by atoms with van der Waals surface area (Å²) in [6.07, 6.45) is 2.56. The second kappa shape index (κ2) is 3.31. The summed E-state index contributed by atoms with van der Waals surface area (Å²) in [4.78, 5) is 10.6. The first-order chi connectivity index (χ1) is 7.02. The van der Waals surface area contributed by atoms with Crippen molar-refractivity contribution in [3.8, 4) is 0 Å². The Balaban J connectivity index is 2.37. The van der Waals surface area contributed by atoms with Crippen molar-refractivity contribution in [2.24, 2.45) is 5.73 Å². The fraction of sp³-hybridized carbons (Fsp3) is 0.455. The second-order valence-electron chi connectivity index (χ2n) is 4.38. The van der Waals surface area contributed by atoms with Crippen molar-refractivity contribution >= 4 is 5.69 Å². The van der Waals surface area contributed by atoms with Crippen LogP contribution in [0.4, 0.5) is 5.69 Å². The van der Waals surface area contributed by atoms with Crippen LogP contribution < -0.4 is 5.73 Å². The number of nitro benzene ring substituents is 1. The number of nitro groups is 1. The minimum atomic E-state index is -0.309. The molecule has 0 bridgehead atoms. The highest BCUT2D eigenvalue weighted by Gasteiger charge is 2.39. The van der Waals surface area contributed by atoms with Gasteiger partial charge in [0, 0.05) is 16.7 Å². The van der Waals surface area contributed by atoms with E-state index in [1.54, 1.807) is 19.1 Å². The molecular weight excluding hydrogens is 192 g/mol. The molecule has 0 aliphatic heterocycles. The molecule has 4 heteroatoms. The Labute approximate surface area is 88.2 Å². The van der Waals surface area contributed by atoms with Crippen LogP contribution in [0.5, 0.6) is 0 Å². The highest BCUT2D eigenvalue weighted by Crippen LogP contribution is 2.38. The Morgan fingerprint density at radius 1 is 1.53 bits per heavy atom. The zero-order valence-electron chi connectivity index (χ0n) is 8.69. The molecule has 1 fully saturated rings. The average Bonchev–Trinajstić information content (AvgIpc) is 2.82. The van der Waals surface area contributed by atoms with Gasteiger partial charge in [-0.25, -0.2) is 0 Å². The van der Waals surface area contributed by atoms with E-state index in [-0.39, 0.29) is 16.1 Å². The molecule has 1 saturated carbocycles. The van der Waals surface area contributed by atoms with E-state index in [0.717, 1.165) is 18.4 Å². The van der Waals surface area contributed by atoms with Gasteiger partial charge >= 0.3 is 0 Å². The van der Waals surface area contributed by atoms with Crippen molar-refractivity contribution in [3.05, 3.63) is 39.4 Å². The maximum Gasteiger partial charge on any atom is 0.275 e. The largest absolute Gasteiger partial charge is 0.325 e. The molecule has 0 amide bonds. The number of para-hydroxylation sites is 1. The van der Waals surface area contributed by atoms with Gasteiger partial charge in [0.2, 0.25) is 0 Å². The molecule has 4 nitrogen and oxygen atoms in total. The van der Waals surface area contributed by atoms with Crippen LogP contribution in [0.1, 0.15) is 24.0 Å². The van der Waals surface area contributed by atoms with Crippen LogP contribution in [0.15, 0.2) is 18.2 Å². The first kappa shape index (κ1) is 10.1. The minimum absolute atomic E-state index is 0.182. The van der Waals surface area contributed by atoms with Crippen LogP contribution in [0.25, 0.3) is 0 Å². The van der Waals surface area contributed by atoms with Crippen LogP contribution in [0, 0.1) is 17.0 Å². The molecule has 0 saturated heterocycles. The quantitative estimate of drug-likeness (QED) is 0.607. The summed E-state index contributed by atoms with van der Waals surface area (Å²) in [6.45, 7) is 1.76. The van der Waals surface area contributed by atoms with Crippen molar-refractivity contribution in [2.75, 3.05) is 0 Å². The van der Waals surface area contributed by atoms with Crippen LogP contribution in [0.3, 0.4) is 0 Å². The van der Waals surface area contributed by atoms with E-state index in [0.29, 0.717) is 12.0 Å². The molecule has 15 heavy (non-hydrogen) atoms. The predicted molar refractivity (Wildman–Crippen MR) is 57.7 cm³/mol. The molecule has 1 aliphatic carbocycles. The van der Waals surface area contributed by atoms with Gasteiger partial charge in [0.05, 0.1) is 4.92 Å². The fourth-order valence-electron chi connectivity index (χ4n) is 1.84. The van der Waals surface area contributed by atoms with E-state index in [9.17, 15) is 10.1 Å². The third-order valence-corrected chi connectivity index (χ3v) is 2.94. The molecule has 0 spiro atoms. The van der Waals surface area contributed by atoms with E-state index >= 15 is 0 Å². The maximum atomic E-state index is 10.9. The third-order valence-electron chi connectivity index (χ3n) is 2.94. The maximum absolute atomic E-state index is 10.9. The van der Waals surface area contributed by atoms with Gasteiger partial charge in [-0.05, 0) is 26.2 Å². The molecule has 1 aromatic carbocycles. The molecule has 0 radical (unpaired) electrons.